The highest BCUT2D eigenvalue weighted by Crippen LogP contribution is 2.31. The average Bonchev–Trinajstić information content (AvgIpc) is 2.69. The molecule has 0 aliphatic heterocycles. The molecule has 0 spiro atoms. The number of nitrogens with zero attached hydrogens (tertiary/aromatic N) is 3. The molecule has 0 aliphatic rings. The second-order valence-electron chi connectivity index (χ2n) is 5.73. The molecule has 6 nitrogen and oxygen atoms in total. The van der Waals surface area contributed by atoms with E-state index in [4.69, 9.17) is 0 Å². The van der Waals surface area contributed by atoms with E-state index in [9.17, 15) is 10.1 Å². The first kappa shape index (κ1) is 15.7. The predicted octanol–water partition coefficient (Wildman–Crippen LogP) is 4.95. The molecule has 0 bridgehead atoms. The molecule has 0 radical (unpaired) electrons. The fourth-order valence-corrected chi connectivity index (χ4v) is 2.88. The molecule has 0 atom stereocenters. The molecule has 0 saturated carbocycles. The number of benzene rings is 2. The minimum absolute atomic E-state index is 0.0704. The Bertz CT molecular complexity index is 1080. The molecule has 1 N–H and O–H groups in total. The summed E-state index contributed by atoms with van der Waals surface area (Å²) in [5, 5.41) is 15.7. The average molecular weight is 342 g/mol. The Balaban J connectivity index is 1.67. The van der Waals surface area contributed by atoms with Gasteiger partial charge in [0.05, 0.1) is 10.3 Å². The third-order valence-corrected chi connectivity index (χ3v) is 4.14. The van der Waals surface area contributed by atoms with E-state index in [0.29, 0.717) is 16.6 Å². The number of nitrogens with one attached hydrogen (secondary N) is 1. The van der Waals surface area contributed by atoms with Crippen molar-refractivity contribution in [1.29, 1.82) is 0 Å². The summed E-state index contributed by atoms with van der Waals surface area (Å²) in [4.78, 5) is 19.2. The standard InChI is InChI=1S/C20H14N4O2/c25-24(26)19-3-1-2-18-17(19)10-13-22-20(18)23-16-6-4-14(5-7-16)15-8-11-21-12-9-15/h1-13H,(H,22,23). The fourth-order valence-electron chi connectivity index (χ4n) is 2.88. The number of hydrogen-bond acceptors (Lipinski definition) is 5. The van der Waals surface area contributed by atoms with E-state index >= 15 is 0 Å². The van der Waals surface area contributed by atoms with Crippen molar-refractivity contribution >= 4 is 28.0 Å². The van der Waals surface area contributed by atoms with Crippen LogP contribution in [0.4, 0.5) is 17.2 Å². The van der Waals surface area contributed by atoms with Crippen molar-refractivity contribution < 1.29 is 4.92 Å². The quantitative estimate of drug-likeness (QED) is 0.419. The van der Waals surface area contributed by atoms with Crippen LogP contribution in [0, 0.1) is 10.1 Å². The van der Waals surface area contributed by atoms with Crippen LogP contribution < -0.4 is 5.32 Å². The van der Waals surface area contributed by atoms with Gasteiger partial charge in [0.1, 0.15) is 5.82 Å². The number of aromatic nitrogens is 2. The molecule has 0 fully saturated rings. The number of hydrogen-bond donors (Lipinski definition) is 1. The zero-order chi connectivity index (χ0) is 17.9. The second-order valence-corrected chi connectivity index (χ2v) is 5.73. The van der Waals surface area contributed by atoms with Gasteiger partial charge in [-0.1, -0.05) is 24.3 Å². The summed E-state index contributed by atoms with van der Waals surface area (Å²) in [6.45, 7) is 0. The van der Waals surface area contributed by atoms with Gasteiger partial charge in [0, 0.05) is 35.7 Å². The fraction of sp³-hybridized carbons (Fsp3) is 0. The highest BCUT2D eigenvalue weighted by atomic mass is 16.6. The first-order valence-electron chi connectivity index (χ1n) is 8.02. The van der Waals surface area contributed by atoms with Gasteiger partial charge in [0.2, 0.25) is 0 Å². The summed E-state index contributed by atoms with van der Waals surface area (Å²) < 4.78 is 0. The summed E-state index contributed by atoms with van der Waals surface area (Å²) in [6.07, 6.45) is 5.09. The molecule has 126 valence electrons. The maximum Gasteiger partial charge on any atom is 0.277 e. The first-order chi connectivity index (χ1) is 12.7. The lowest BCUT2D eigenvalue weighted by molar-refractivity contribution is -0.383. The molecule has 0 aliphatic carbocycles. The number of nitro benzene ring substituents is 1. The number of fused-ring (bicyclic) bond motifs is 1. The van der Waals surface area contributed by atoms with Gasteiger partial charge < -0.3 is 5.32 Å². The van der Waals surface area contributed by atoms with Gasteiger partial charge in [0.15, 0.2) is 0 Å². The van der Waals surface area contributed by atoms with Crippen LogP contribution in [-0.2, 0) is 0 Å². The number of rotatable bonds is 4. The van der Waals surface area contributed by atoms with E-state index in [1.165, 1.54) is 6.07 Å². The lowest BCUT2D eigenvalue weighted by Gasteiger charge is -2.10. The van der Waals surface area contributed by atoms with Crippen LogP contribution in [0.2, 0.25) is 0 Å². The highest BCUT2D eigenvalue weighted by molar-refractivity contribution is 5.98. The number of anilines is 2. The lowest BCUT2D eigenvalue weighted by Crippen LogP contribution is -1.96. The van der Waals surface area contributed by atoms with E-state index in [-0.39, 0.29) is 10.6 Å². The van der Waals surface area contributed by atoms with Gasteiger partial charge in [0.25, 0.3) is 5.69 Å². The van der Waals surface area contributed by atoms with Gasteiger partial charge in [-0.3, -0.25) is 15.1 Å². The van der Waals surface area contributed by atoms with Crippen molar-refractivity contribution in [3.63, 3.8) is 0 Å². The van der Waals surface area contributed by atoms with Gasteiger partial charge >= 0.3 is 0 Å². The minimum atomic E-state index is -0.379. The van der Waals surface area contributed by atoms with Gasteiger partial charge in [-0.2, -0.15) is 0 Å². The Kier molecular flexibility index (Phi) is 3.99. The lowest BCUT2D eigenvalue weighted by atomic mass is 10.1. The topological polar surface area (TPSA) is 81.0 Å². The first-order valence-corrected chi connectivity index (χ1v) is 8.02. The minimum Gasteiger partial charge on any atom is -0.340 e. The van der Waals surface area contributed by atoms with Crippen molar-refractivity contribution in [1.82, 2.24) is 9.97 Å². The van der Waals surface area contributed by atoms with Crippen LogP contribution in [0.15, 0.2) is 79.3 Å². The molecule has 2 aromatic heterocycles. The van der Waals surface area contributed by atoms with Gasteiger partial charge in [-0.05, 0) is 41.5 Å². The summed E-state index contributed by atoms with van der Waals surface area (Å²) in [7, 11) is 0. The van der Waals surface area contributed by atoms with E-state index in [0.717, 1.165) is 16.8 Å². The molecule has 4 aromatic rings. The number of non-ortho nitro benzene ring substituents is 1. The zero-order valence-corrected chi connectivity index (χ0v) is 13.7. The Morgan fingerprint density at radius 1 is 0.808 bits per heavy atom. The van der Waals surface area contributed by atoms with Crippen LogP contribution in [0.3, 0.4) is 0 Å². The van der Waals surface area contributed by atoms with Crippen molar-refractivity contribution in [2.45, 2.75) is 0 Å². The molecule has 4 rings (SSSR count). The smallest absolute Gasteiger partial charge is 0.277 e. The van der Waals surface area contributed by atoms with E-state index in [2.05, 4.69) is 15.3 Å². The monoisotopic (exact) mass is 342 g/mol. The third kappa shape index (κ3) is 2.95. The molecular formula is C20H14N4O2. The molecule has 6 heteroatoms. The van der Waals surface area contributed by atoms with Crippen molar-refractivity contribution in [2.75, 3.05) is 5.32 Å². The van der Waals surface area contributed by atoms with Crippen LogP contribution in [0.5, 0.6) is 0 Å². The molecule has 0 unspecified atom stereocenters. The van der Waals surface area contributed by atoms with E-state index in [1.807, 2.05) is 42.5 Å². The Labute approximate surface area is 149 Å². The Hall–Kier alpha value is -3.80. The van der Waals surface area contributed by atoms with Crippen molar-refractivity contribution in [3.05, 3.63) is 89.4 Å². The summed E-state index contributed by atoms with van der Waals surface area (Å²) in [6, 6.07) is 18.5. The normalized spacial score (nSPS) is 10.6. The Morgan fingerprint density at radius 3 is 2.27 bits per heavy atom. The zero-order valence-electron chi connectivity index (χ0n) is 13.7. The highest BCUT2D eigenvalue weighted by Gasteiger charge is 2.13. The predicted molar refractivity (Wildman–Crippen MR) is 101 cm³/mol. The SMILES string of the molecule is O=[N+]([O-])c1cccc2c(Nc3ccc(-c4ccncc4)cc3)nccc12. The second kappa shape index (κ2) is 6.60. The van der Waals surface area contributed by atoms with Crippen LogP contribution in [0.25, 0.3) is 21.9 Å². The maximum absolute atomic E-state index is 11.2. The maximum atomic E-state index is 11.2. The van der Waals surface area contributed by atoms with Crippen LogP contribution in [0.1, 0.15) is 0 Å². The Morgan fingerprint density at radius 2 is 1.54 bits per heavy atom. The summed E-state index contributed by atoms with van der Waals surface area (Å²) >= 11 is 0. The molecule has 26 heavy (non-hydrogen) atoms. The molecule has 0 amide bonds. The molecule has 2 aromatic carbocycles. The molecule has 0 saturated heterocycles. The van der Waals surface area contributed by atoms with E-state index in [1.54, 1.807) is 30.7 Å². The number of pyridine rings is 2. The van der Waals surface area contributed by atoms with Gasteiger partial charge in [-0.15, -0.1) is 0 Å². The number of nitro groups is 1. The summed E-state index contributed by atoms with van der Waals surface area (Å²) in [5.74, 6) is 0.586. The van der Waals surface area contributed by atoms with Crippen molar-refractivity contribution in [2.24, 2.45) is 0 Å². The van der Waals surface area contributed by atoms with Crippen LogP contribution in [-0.4, -0.2) is 14.9 Å². The van der Waals surface area contributed by atoms with E-state index < -0.39 is 0 Å². The molecule has 2 heterocycles. The van der Waals surface area contributed by atoms with Crippen LogP contribution >= 0.6 is 0 Å². The van der Waals surface area contributed by atoms with Crippen molar-refractivity contribution in [3.8, 4) is 11.1 Å². The third-order valence-electron chi connectivity index (χ3n) is 4.14. The van der Waals surface area contributed by atoms with Gasteiger partial charge in [-0.25, -0.2) is 4.98 Å². The summed E-state index contributed by atoms with van der Waals surface area (Å²) in [5.41, 5.74) is 3.10. The largest absolute Gasteiger partial charge is 0.340 e. The molecular weight excluding hydrogens is 328 g/mol.